The Morgan fingerprint density at radius 1 is 0.931 bits per heavy atom. The van der Waals surface area contributed by atoms with Gasteiger partial charge in [-0.1, -0.05) is 48.5 Å². The Morgan fingerprint density at radius 3 is 1.72 bits per heavy atom. The number of carbonyl (C=O) groups is 1. The van der Waals surface area contributed by atoms with Gasteiger partial charge in [-0.15, -0.1) is 0 Å². The van der Waals surface area contributed by atoms with E-state index in [1.165, 1.54) is 22.3 Å². The van der Waals surface area contributed by atoms with Crippen molar-refractivity contribution < 1.29 is 36.2 Å². The first-order valence-corrected chi connectivity index (χ1v) is 8.75. The minimum atomic E-state index is -5.11. The lowest BCUT2D eigenvalue weighted by atomic mass is 9.82. The summed E-state index contributed by atoms with van der Waals surface area (Å²) in [6.07, 6.45) is -9.97. The van der Waals surface area contributed by atoms with Gasteiger partial charge >= 0.3 is 12.1 Å². The summed E-state index contributed by atoms with van der Waals surface area (Å²) in [5, 5.41) is 8.40. The predicted octanol–water partition coefficient (Wildman–Crippen LogP) is 6.28. The summed E-state index contributed by atoms with van der Waals surface area (Å²) >= 11 is 0. The zero-order chi connectivity index (χ0) is 22.0. The van der Waals surface area contributed by atoms with Crippen molar-refractivity contribution in [2.75, 3.05) is 0 Å². The van der Waals surface area contributed by atoms with Gasteiger partial charge in [0.2, 0.25) is 0 Å². The molecular formula is C21H20F6O2. The van der Waals surface area contributed by atoms with Crippen LogP contribution in [0.5, 0.6) is 0 Å². The van der Waals surface area contributed by atoms with Crippen LogP contribution in [0.3, 0.4) is 0 Å². The average Bonchev–Trinajstić information content (AvgIpc) is 2.99. The van der Waals surface area contributed by atoms with Crippen molar-refractivity contribution in [3.63, 3.8) is 0 Å². The Kier molecular flexibility index (Phi) is 6.35. The molecule has 29 heavy (non-hydrogen) atoms. The SMILES string of the molecule is CC(C)(C(=O)O)C(F)(F)C(F)CC(F)(F)F.c1ccc2c(c1)Cc1ccccc1-2. The van der Waals surface area contributed by atoms with E-state index in [2.05, 4.69) is 48.5 Å². The first-order chi connectivity index (χ1) is 13.3. The normalized spacial score (nSPS) is 14.3. The van der Waals surface area contributed by atoms with E-state index >= 15 is 0 Å². The molecule has 0 radical (unpaired) electrons. The van der Waals surface area contributed by atoms with Gasteiger partial charge in [0.05, 0.1) is 6.42 Å². The van der Waals surface area contributed by atoms with E-state index in [1.807, 2.05) is 0 Å². The van der Waals surface area contributed by atoms with Crippen molar-refractivity contribution in [1.29, 1.82) is 0 Å². The van der Waals surface area contributed by atoms with Gasteiger partial charge in [0.25, 0.3) is 5.92 Å². The molecule has 0 spiro atoms. The van der Waals surface area contributed by atoms with Gasteiger partial charge < -0.3 is 5.11 Å². The van der Waals surface area contributed by atoms with Crippen LogP contribution in [0.1, 0.15) is 31.4 Å². The van der Waals surface area contributed by atoms with Crippen LogP contribution in [0, 0.1) is 5.41 Å². The number of benzene rings is 2. The highest BCUT2D eigenvalue weighted by molar-refractivity contribution is 5.76. The van der Waals surface area contributed by atoms with Crippen molar-refractivity contribution in [2.45, 2.75) is 45.0 Å². The molecule has 2 aromatic rings. The van der Waals surface area contributed by atoms with Crippen molar-refractivity contribution in [2.24, 2.45) is 5.41 Å². The molecule has 0 bridgehead atoms. The Hall–Kier alpha value is -2.51. The molecule has 158 valence electrons. The molecule has 1 N–H and O–H groups in total. The van der Waals surface area contributed by atoms with Gasteiger partial charge in [-0.05, 0) is 42.5 Å². The highest BCUT2D eigenvalue weighted by atomic mass is 19.4. The number of aliphatic carboxylic acids is 1. The lowest BCUT2D eigenvalue weighted by Gasteiger charge is -2.32. The van der Waals surface area contributed by atoms with E-state index in [0.717, 1.165) is 6.42 Å². The zero-order valence-corrected chi connectivity index (χ0v) is 15.7. The summed E-state index contributed by atoms with van der Waals surface area (Å²) in [4.78, 5) is 10.4. The van der Waals surface area contributed by atoms with Gasteiger partial charge in [0.15, 0.2) is 6.17 Å². The lowest BCUT2D eigenvalue weighted by Crippen LogP contribution is -2.50. The molecule has 0 heterocycles. The summed E-state index contributed by atoms with van der Waals surface area (Å²) in [6, 6.07) is 17.3. The van der Waals surface area contributed by atoms with E-state index in [0.29, 0.717) is 13.8 Å². The van der Waals surface area contributed by atoms with Crippen LogP contribution in [0.15, 0.2) is 48.5 Å². The number of carboxylic acids is 1. The number of hydrogen-bond acceptors (Lipinski definition) is 1. The highest BCUT2D eigenvalue weighted by Gasteiger charge is 2.60. The van der Waals surface area contributed by atoms with E-state index in [9.17, 15) is 31.1 Å². The number of hydrogen-bond donors (Lipinski definition) is 1. The maximum Gasteiger partial charge on any atom is 0.392 e. The molecule has 8 heteroatoms. The second-order valence-corrected chi connectivity index (χ2v) is 7.33. The van der Waals surface area contributed by atoms with Crippen LogP contribution in [-0.4, -0.2) is 29.3 Å². The Balaban J connectivity index is 0.000000209. The van der Waals surface area contributed by atoms with Crippen LogP contribution >= 0.6 is 0 Å². The molecule has 0 aromatic heterocycles. The third kappa shape index (κ3) is 4.92. The molecule has 1 aliphatic carbocycles. The molecule has 2 aromatic carbocycles. The molecular weight excluding hydrogens is 398 g/mol. The zero-order valence-electron chi connectivity index (χ0n) is 15.7. The number of alkyl halides is 6. The topological polar surface area (TPSA) is 37.3 Å². The Labute approximate surface area is 164 Å². The van der Waals surface area contributed by atoms with E-state index in [1.54, 1.807) is 0 Å². The minimum absolute atomic E-state index is 0.471. The maximum absolute atomic E-state index is 13.1. The fourth-order valence-electron chi connectivity index (χ4n) is 2.95. The van der Waals surface area contributed by atoms with Gasteiger partial charge in [-0.3, -0.25) is 4.79 Å². The van der Waals surface area contributed by atoms with Crippen LogP contribution in [0.2, 0.25) is 0 Å². The van der Waals surface area contributed by atoms with Gasteiger partial charge in [0.1, 0.15) is 5.41 Å². The Morgan fingerprint density at radius 2 is 1.34 bits per heavy atom. The second kappa shape index (κ2) is 8.08. The van der Waals surface area contributed by atoms with Crippen LogP contribution in [0.4, 0.5) is 26.3 Å². The largest absolute Gasteiger partial charge is 0.481 e. The smallest absolute Gasteiger partial charge is 0.392 e. The molecule has 0 saturated carbocycles. The van der Waals surface area contributed by atoms with Crippen molar-refractivity contribution >= 4 is 5.97 Å². The van der Waals surface area contributed by atoms with Gasteiger partial charge in [-0.2, -0.15) is 13.2 Å². The van der Waals surface area contributed by atoms with Crippen LogP contribution < -0.4 is 0 Å². The van der Waals surface area contributed by atoms with Gasteiger partial charge in [-0.25, -0.2) is 13.2 Å². The monoisotopic (exact) mass is 418 g/mol. The number of fused-ring (bicyclic) bond motifs is 3. The third-order valence-corrected chi connectivity index (χ3v) is 4.88. The van der Waals surface area contributed by atoms with Gasteiger partial charge in [0, 0.05) is 0 Å². The summed E-state index contributed by atoms with van der Waals surface area (Å²) in [7, 11) is 0. The summed E-state index contributed by atoms with van der Waals surface area (Å²) < 4.78 is 74.2. The van der Waals surface area contributed by atoms with Crippen molar-refractivity contribution in [3.05, 3.63) is 59.7 Å². The predicted molar refractivity (Wildman–Crippen MR) is 96.6 cm³/mol. The molecule has 0 aliphatic heterocycles. The minimum Gasteiger partial charge on any atom is -0.481 e. The fourth-order valence-corrected chi connectivity index (χ4v) is 2.95. The number of halogens is 6. The van der Waals surface area contributed by atoms with E-state index in [-0.39, 0.29) is 0 Å². The number of carboxylic acid groups (broad SMARTS) is 1. The van der Waals surface area contributed by atoms with Crippen LogP contribution in [-0.2, 0) is 11.2 Å². The Bertz CT molecular complexity index is 830. The first kappa shape index (κ1) is 22.8. The van der Waals surface area contributed by atoms with E-state index in [4.69, 9.17) is 5.11 Å². The lowest BCUT2D eigenvalue weighted by molar-refractivity contribution is -0.215. The molecule has 1 atom stereocenters. The highest BCUT2D eigenvalue weighted by Crippen LogP contribution is 2.44. The van der Waals surface area contributed by atoms with Crippen LogP contribution in [0.25, 0.3) is 11.1 Å². The molecule has 3 rings (SSSR count). The molecule has 0 fully saturated rings. The molecule has 0 amide bonds. The molecule has 2 nitrogen and oxygen atoms in total. The summed E-state index contributed by atoms with van der Waals surface area (Å²) in [5.41, 5.74) is 2.85. The second-order valence-electron chi connectivity index (χ2n) is 7.33. The van der Waals surface area contributed by atoms with E-state index < -0.39 is 36.1 Å². The summed E-state index contributed by atoms with van der Waals surface area (Å²) in [5.74, 6) is -6.67. The van der Waals surface area contributed by atoms with Crippen molar-refractivity contribution in [3.8, 4) is 11.1 Å². The quantitative estimate of drug-likeness (QED) is 0.506. The molecule has 0 saturated heterocycles. The maximum atomic E-state index is 13.1. The molecule has 1 aliphatic rings. The summed E-state index contributed by atoms with van der Waals surface area (Å²) in [6.45, 7) is 0.941. The molecule has 1 unspecified atom stereocenters. The third-order valence-electron chi connectivity index (χ3n) is 4.88. The van der Waals surface area contributed by atoms with Crippen molar-refractivity contribution in [1.82, 2.24) is 0 Å². The average molecular weight is 418 g/mol. The first-order valence-electron chi connectivity index (χ1n) is 8.75. The fraction of sp³-hybridized carbons (Fsp3) is 0.381. The number of rotatable bonds is 4. The standard InChI is InChI=1S/C13H10.C8H10F6O2/c1-3-7-12-10(5-1)9-11-6-2-4-8-13(11)12;1-6(2,5(15)16)8(13,14)4(9)3-7(10,11)12/h1-8H,9H2;4H,3H2,1-2H3,(H,15,16).